The van der Waals surface area contributed by atoms with E-state index >= 15 is 0 Å². The molecule has 0 aliphatic carbocycles. The van der Waals surface area contributed by atoms with E-state index in [2.05, 4.69) is 29.5 Å². The van der Waals surface area contributed by atoms with Crippen molar-refractivity contribution in [3.63, 3.8) is 0 Å². The first-order valence-corrected chi connectivity index (χ1v) is 11.2. The summed E-state index contributed by atoms with van der Waals surface area (Å²) in [5, 5.41) is 6.45. The Morgan fingerprint density at radius 1 is 1.27 bits per heavy atom. The molecule has 1 atom stereocenters. The summed E-state index contributed by atoms with van der Waals surface area (Å²) in [6.45, 7) is 10.1. The van der Waals surface area contributed by atoms with Crippen LogP contribution in [0.2, 0.25) is 0 Å². The number of rotatable bonds is 10. The third-order valence-corrected chi connectivity index (χ3v) is 4.53. The second-order valence-electron chi connectivity index (χ2n) is 7.01. The van der Waals surface area contributed by atoms with Gasteiger partial charge in [-0.3, -0.25) is 0 Å². The van der Waals surface area contributed by atoms with E-state index in [1.165, 1.54) is 6.26 Å². The fraction of sp³-hybridized carbons (Fsp3) is 0.632. The van der Waals surface area contributed by atoms with Crippen molar-refractivity contribution in [3.05, 3.63) is 29.8 Å². The summed E-state index contributed by atoms with van der Waals surface area (Å²) in [7, 11) is -2.95. The summed E-state index contributed by atoms with van der Waals surface area (Å²) in [4.78, 5) is 4.59. The molecule has 26 heavy (non-hydrogen) atoms. The molecule has 1 aromatic carbocycles. The van der Waals surface area contributed by atoms with E-state index in [4.69, 9.17) is 4.74 Å². The van der Waals surface area contributed by atoms with E-state index in [9.17, 15) is 8.42 Å². The molecule has 0 saturated heterocycles. The number of nitrogens with zero attached hydrogens (tertiary/aromatic N) is 1. The molecule has 0 aliphatic rings. The van der Waals surface area contributed by atoms with Gasteiger partial charge in [0.2, 0.25) is 0 Å². The molecule has 0 spiro atoms. The maximum atomic E-state index is 11.3. The highest BCUT2D eigenvalue weighted by molar-refractivity contribution is 7.90. The molecule has 148 valence electrons. The van der Waals surface area contributed by atoms with Crippen molar-refractivity contribution < 1.29 is 13.2 Å². The fourth-order valence-electron chi connectivity index (χ4n) is 2.18. The average molecular weight is 384 g/mol. The topological polar surface area (TPSA) is 79.8 Å². The lowest BCUT2D eigenvalue weighted by atomic mass is 10.2. The predicted octanol–water partition coefficient (Wildman–Crippen LogP) is 2.60. The molecule has 0 bridgehead atoms. The highest BCUT2D eigenvalue weighted by atomic mass is 32.2. The number of hydrogen-bond acceptors (Lipinski definition) is 4. The first-order valence-electron chi connectivity index (χ1n) is 9.14. The van der Waals surface area contributed by atoms with Crippen molar-refractivity contribution in [3.8, 4) is 5.75 Å². The third kappa shape index (κ3) is 10.3. The van der Waals surface area contributed by atoms with Crippen LogP contribution in [0.15, 0.2) is 29.3 Å². The summed E-state index contributed by atoms with van der Waals surface area (Å²) < 4.78 is 28.4. The van der Waals surface area contributed by atoms with Gasteiger partial charge in [0.25, 0.3) is 0 Å². The molecule has 0 radical (unpaired) electrons. The van der Waals surface area contributed by atoms with Crippen molar-refractivity contribution in [1.29, 1.82) is 0 Å². The van der Waals surface area contributed by atoms with Gasteiger partial charge in [0.1, 0.15) is 15.6 Å². The molecule has 6 nitrogen and oxygen atoms in total. The number of nitrogens with one attached hydrogen (secondary N) is 2. The van der Waals surface area contributed by atoms with E-state index < -0.39 is 9.84 Å². The molecule has 1 unspecified atom stereocenters. The quantitative estimate of drug-likeness (QED) is 0.479. The van der Waals surface area contributed by atoms with Crippen LogP contribution in [-0.2, 0) is 16.4 Å². The Labute approximate surface area is 158 Å². The molecule has 0 heterocycles. The van der Waals surface area contributed by atoms with Crippen LogP contribution in [0.1, 0.15) is 39.7 Å². The third-order valence-electron chi connectivity index (χ3n) is 3.55. The van der Waals surface area contributed by atoms with Crippen molar-refractivity contribution in [1.82, 2.24) is 10.6 Å². The number of guanidine groups is 1. The lowest BCUT2D eigenvalue weighted by Gasteiger charge is -2.17. The van der Waals surface area contributed by atoms with Gasteiger partial charge in [-0.15, -0.1) is 0 Å². The van der Waals surface area contributed by atoms with Crippen LogP contribution < -0.4 is 15.4 Å². The van der Waals surface area contributed by atoms with Crippen LogP contribution in [-0.4, -0.2) is 45.6 Å². The second kappa shape index (κ2) is 11.1. The maximum absolute atomic E-state index is 11.3. The fourth-order valence-corrected chi connectivity index (χ4v) is 2.97. The molecule has 1 rings (SSSR count). The Morgan fingerprint density at radius 3 is 2.62 bits per heavy atom. The predicted molar refractivity (Wildman–Crippen MR) is 109 cm³/mol. The summed E-state index contributed by atoms with van der Waals surface area (Å²) in [5.41, 5.74) is 1.06. The van der Waals surface area contributed by atoms with Gasteiger partial charge in [-0.2, -0.15) is 0 Å². The van der Waals surface area contributed by atoms with E-state index in [-0.39, 0.29) is 11.8 Å². The molecule has 0 saturated carbocycles. The average Bonchev–Trinajstić information content (AvgIpc) is 2.56. The molecule has 0 aliphatic heterocycles. The molecule has 7 heteroatoms. The van der Waals surface area contributed by atoms with Gasteiger partial charge in [-0.1, -0.05) is 26.0 Å². The summed E-state index contributed by atoms with van der Waals surface area (Å²) >= 11 is 0. The van der Waals surface area contributed by atoms with Gasteiger partial charge in [0.05, 0.1) is 18.9 Å². The van der Waals surface area contributed by atoms with Gasteiger partial charge >= 0.3 is 0 Å². The lowest BCUT2D eigenvalue weighted by Crippen LogP contribution is -2.42. The van der Waals surface area contributed by atoms with Gasteiger partial charge in [-0.25, -0.2) is 13.4 Å². The number of sulfone groups is 1. The van der Waals surface area contributed by atoms with Crippen LogP contribution in [0.5, 0.6) is 5.75 Å². The SMILES string of the molecule is CCNC(=NCc1cccc(OCC(C)C)c1)NC(C)CCS(C)(=O)=O. The van der Waals surface area contributed by atoms with E-state index in [1.54, 1.807) is 0 Å². The maximum Gasteiger partial charge on any atom is 0.191 e. The Hall–Kier alpha value is -1.76. The Kier molecular flexibility index (Phi) is 9.48. The van der Waals surface area contributed by atoms with Gasteiger partial charge in [0.15, 0.2) is 5.96 Å². The van der Waals surface area contributed by atoms with Crippen LogP contribution in [0, 0.1) is 5.92 Å². The molecular formula is C19H33N3O3S. The molecule has 0 fully saturated rings. The van der Waals surface area contributed by atoms with Crippen LogP contribution >= 0.6 is 0 Å². The normalized spacial score (nSPS) is 13.5. The lowest BCUT2D eigenvalue weighted by molar-refractivity contribution is 0.271. The monoisotopic (exact) mass is 383 g/mol. The van der Waals surface area contributed by atoms with Crippen molar-refractivity contribution in [2.45, 2.75) is 46.7 Å². The zero-order valence-electron chi connectivity index (χ0n) is 16.6. The summed E-state index contributed by atoms with van der Waals surface area (Å²) in [6.07, 6.45) is 1.80. The number of benzene rings is 1. The number of hydrogen-bond donors (Lipinski definition) is 2. The van der Waals surface area contributed by atoms with E-state index in [1.807, 2.05) is 38.1 Å². The Balaban J connectivity index is 2.66. The van der Waals surface area contributed by atoms with Crippen molar-refractivity contribution in [2.75, 3.05) is 25.2 Å². The highest BCUT2D eigenvalue weighted by Gasteiger charge is 2.09. The number of ether oxygens (including phenoxy) is 1. The van der Waals surface area contributed by atoms with Crippen LogP contribution in [0.25, 0.3) is 0 Å². The number of aliphatic imine (C=N–C) groups is 1. The van der Waals surface area contributed by atoms with Crippen LogP contribution in [0.3, 0.4) is 0 Å². The molecule has 2 N–H and O–H groups in total. The first-order chi connectivity index (χ1) is 12.2. The Morgan fingerprint density at radius 2 is 2.00 bits per heavy atom. The van der Waals surface area contributed by atoms with E-state index in [0.29, 0.717) is 31.4 Å². The van der Waals surface area contributed by atoms with E-state index in [0.717, 1.165) is 17.9 Å². The summed E-state index contributed by atoms with van der Waals surface area (Å²) in [5.74, 6) is 2.18. The largest absolute Gasteiger partial charge is 0.493 e. The minimum atomic E-state index is -2.95. The second-order valence-corrected chi connectivity index (χ2v) is 9.27. The molecule has 1 aromatic rings. The molecule has 0 amide bonds. The van der Waals surface area contributed by atoms with Crippen molar-refractivity contribution in [2.24, 2.45) is 10.9 Å². The molecular weight excluding hydrogens is 350 g/mol. The van der Waals surface area contributed by atoms with Crippen molar-refractivity contribution >= 4 is 15.8 Å². The summed E-state index contributed by atoms with van der Waals surface area (Å²) in [6, 6.07) is 7.95. The van der Waals surface area contributed by atoms with Gasteiger partial charge in [0, 0.05) is 18.8 Å². The zero-order valence-corrected chi connectivity index (χ0v) is 17.4. The highest BCUT2D eigenvalue weighted by Crippen LogP contribution is 2.15. The Bertz CT molecular complexity index is 672. The standard InChI is InChI=1S/C19H33N3O3S/c1-6-20-19(22-16(4)10-11-26(5,23)24)21-13-17-8-7-9-18(12-17)25-14-15(2)3/h7-9,12,15-16H,6,10-11,13-14H2,1-5H3,(H2,20,21,22). The van der Waals surface area contributed by atoms with Crippen LogP contribution in [0.4, 0.5) is 0 Å². The van der Waals surface area contributed by atoms with Gasteiger partial charge in [-0.05, 0) is 43.9 Å². The minimum absolute atomic E-state index is 0.0169. The smallest absolute Gasteiger partial charge is 0.191 e. The first kappa shape index (κ1) is 22.3. The van der Waals surface area contributed by atoms with Gasteiger partial charge < -0.3 is 15.4 Å². The minimum Gasteiger partial charge on any atom is -0.493 e. The molecule has 0 aromatic heterocycles. The zero-order chi connectivity index (χ0) is 19.6.